The van der Waals surface area contributed by atoms with Gasteiger partial charge in [-0.05, 0) is 77.7 Å². The first-order chi connectivity index (χ1) is 15.8. The van der Waals surface area contributed by atoms with Crippen molar-refractivity contribution in [1.82, 2.24) is 0 Å². The maximum atomic E-state index is 7.67. The highest BCUT2D eigenvalue weighted by atomic mass is 16.5. The highest BCUT2D eigenvalue weighted by Crippen LogP contribution is 2.79. The second-order valence-corrected chi connectivity index (χ2v) is 11.0. The van der Waals surface area contributed by atoms with E-state index in [0.29, 0.717) is 5.92 Å². The lowest BCUT2D eigenvalue weighted by molar-refractivity contribution is -0.0989. The predicted octanol–water partition coefficient (Wildman–Crippen LogP) is 6.97. The van der Waals surface area contributed by atoms with Crippen molar-refractivity contribution in [3.8, 4) is 0 Å². The number of fused-ring (bicyclic) bond motifs is 5. The standard InChI is InChI=1S/C31H28O/c1-3-9-24(10-4-1)30-26-13-7-8-14-27(26)31(32-30,25-11-5-2-6-12-25)29-19-22-15-21(18-28(29)30)16-23(17-22)20-29/h1-14,18,21-23H,15-17,19-20H2/t21?,22-,23+,29?,30-,31+/m0/s1. The molecule has 9 rings (SSSR count). The molecule has 3 fully saturated rings. The molecule has 6 atom stereocenters. The highest BCUT2D eigenvalue weighted by Gasteiger charge is 2.77. The Morgan fingerprint density at radius 3 is 1.91 bits per heavy atom. The highest BCUT2D eigenvalue weighted by molar-refractivity contribution is 5.67. The fraction of sp³-hybridized carbons (Fsp3) is 0.355. The van der Waals surface area contributed by atoms with Gasteiger partial charge >= 0.3 is 0 Å². The Kier molecular flexibility index (Phi) is 3.25. The minimum atomic E-state index is -0.465. The van der Waals surface area contributed by atoms with Crippen LogP contribution in [0.1, 0.15) is 54.4 Å². The molecular formula is C31H28O. The average molecular weight is 417 g/mol. The molecule has 1 heteroatoms. The van der Waals surface area contributed by atoms with Gasteiger partial charge in [-0.2, -0.15) is 0 Å². The van der Waals surface area contributed by atoms with Crippen molar-refractivity contribution < 1.29 is 4.74 Å². The number of hydrogen-bond donors (Lipinski definition) is 0. The third-order valence-electron chi connectivity index (χ3n) is 9.54. The van der Waals surface area contributed by atoms with Crippen molar-refractivity contribution in [2.24, 2.45) is 23.2 Å². The molecule has 1 nitrogen and oxygen atoms in total. The third-order valence-corrected chi connectivity index (χ3v) is 9.54. The van der Waals surface area contributed by atoms with E-state index in [1.165, 1.54) is 54.4 Å². The van der Waals surface area contributed by atoms with E-state index in [4.69, 9.17) is 4.74 Å². The van der Waals surface area contributed by atoms with Crippen LogP contribution in [0.25, 0.3) is 0 Å². The first-order valence-electron chi connectivity index (χ1n) is 12.4. The summed E-state index contributed by atoms with van der Waals surface area (Å²) in [5.41, 5.74) is 6.20. The summed E-state index contributed by atoms with van der Waals surface area (Å²) in [6.07, 6.45) is 9.41. The topological polar surface area (TPSA) is 9.23 Å². The van der Waals surface area contributed by atoms with Gasteiger partial charge in [-0.3, -0.25) is 0 Å². The maximum absolute atomic E-state index is 7.67. The van der Waals surface area contributed by atoms with E-state index in [1.807, 2.05) is 0 Å². The molecule has 0 aromatic heterocycles. The first kappa shape index (κ1) is 17.9. The monoisotopic (exact) mass is 416 g/mol. The molecule has 3 aromatic rings. The van der Waals surface area contributed by atoms with Crippen molar-refractivity contribution in [3.63, 3.8) is 0 Å². The molecule has 6 aliphatic rings. The molecule has 32 heavy (non-hydrogen) atoms. The summed E-state index contributed by atoms with van der Waals surface area (Å²) in [5.74, 6) is 2.36. The summed E-state index contributed by atoms with van der Waals surface area (Å²) in [5, 5.41) is 0. The van der Waals surface area contributed by atoms with Gasteiger partial charge in [0.05, 0.1) is 0 Å². The van der Waals surface area contributed by atoms with Gasteiger partial charge in [0.2, 0.25) is 0 Å². The van der Waals surface area contributed by atoms with Crippen molar-refractivity contribution in [3.05, 3.63) is 119 Å². The molecule has 0 amide bonds. The number of hydrogen-bond acceptors (Lipinski definition) is 1. The number of ether oxygens (including phenoxy) is 1. The van der Waals surface area contributed by atoms with Crippen LogP contribution < -0.4 is 0 Å². The summed E-state index contributed by atoms with van der Waals surface area (Å²) >= 11 is 0. The largest absolute Gasteiger partial charge is 0.344 e. The van der Waals surface area contributed by atoms with Crippen LogP contribution in [0.4, 0.5) is 0 Å². The minimum Gasteiger partial charge on any atom is -0.344 e. The summed E-state index contributed by atoms with van der Waals surface area (Å²) in [6, 6.07) is 31.4. The van der Waals surface area contributed by atoms with Gasteiger partial charge < -0.3 is 4.74 Å². The number of rotatable bonds is 2. The predicted molar refractivity (Wildman–Crippen MR) is 126 cm³/mol. The molecule has 0 radical (unpaired) electrons. The average Bonchev–Trinajstić information content (AvgIpc) is 3.18. The second kappa shape index (κ2) is 5.83. The molecule has 2 unspecified atom stereocenters. The summed E-state index contributed by atoms with van der Waals surface area (Å²) in [4.78, 5) is 0. The minimum absolute atomic E-state index is 0.0530. The zero-order valence-electron chi connectivity index (χ0n) is 18.3. The normalized spacial score (nSPS) is 40.0. The van der Waals surface area contributed by atoms with Crippen molar-refractivity contribution in [1.29, 1.82) is 0 Å². The zero-order chi connectivity index (χ0) is 21.0. The molecular weight excluding hydrogens is 388 g/mol. The molecule has 2 heterocycles. The maximum Gasteiger partial charge on any atom is 0.142 e. The molecule has 0 N–H and O–H groups in total. The van der Waals surface area contributed by atoms with Crippen molar-refractivity contribution >= 4 is 0 Å². The lowest BCUT2D eigenvalue weighted by Gasteiger charge is -2.53. The molecule has 1 spiro atoms. The van der Waals surface area contributed by atoms with Crippen LogP contribution in [0.15, 0.2) is 96.6 Å². The van der Waals surface area contributed by atoms with Crippen molar-refractivity contribution in [2.45, 2.75) is 43.3 Å². The summed E-state index contributed by atoms with van der Waals surface area (Å²) < 4.78 is 7.67. The Labute approximate surface area is 190 Å². The van der Waals surface area contributed by atoms with Crippen LogP contribution in [0.3, 0.4) is 0 Å². The molecule has 2 aliphatic heterocycles. The van der Waals surface area contributed by atoms with Gasteiger partial charge in [-0.1, -0.05) is 91.0 Å². The van der Waals surface area contributed by atoms with E-state index < -0.39 is 11.2 Å². The Balaban J connectivity index is 1.54. The fourth-order valence-electron chi connectivity index (χ4n) is 8.90. The van der Waals surface area contributed by atoms with Crippen LogP contribution in [0.2, 0.25) is 0 Å². The van der Waals surface area contributed by atoms with E-state index in [-0.39, 0.29) is 5.41 Å². The van der Waals surface area contributed by atoms with Crippen LogP contribution in [0.5, 0.6) is 0 Å². The Morgan fingerprint density at radius 2 is 1.22 bits per heavy atom. The number of benzene rings is 3. The second-order valence-electron chi connectivity index (χ2n) is 11.0. The molecule has 2 saturated carbocycles. The van der Waals surface area contributed by atoms with Gasteiger partial charge in [0.1, 0.15) is 11.2 Å². The summed E-state index contributed by atoms with van der Waals surface area (Å²) in [6.45, 7) is 0. The van der Waals surface area contributed by atoms with E-state index in [2.05, 4.69) is 91.0 Å². The van der Waals surface area contributed by atoms with Gasteiger partial charge in [0, 0.05) is 5.41 Å². The SMILES string of the molecule is C1=C2C3(C[C@@H]4CC1C[C@@H](C4)C3)[C@]1(c3ccccc3)O[C@@]2(c2ccccc2)c2ccccc21. The van der Waals surface area contributed by atoms with Crippen LogP contribution in [-0.2, 0) is 15.9 Å². The Morgan fingerprint density at radius 1 is 0.625 bits per heavy atom. The molecule has 1 saturated heterocycles. The van der Waals surface area contributed by atoms with Gasteiger partial charge in [-0.15, -0.1) is 0 Å². The van der Waals surface area contributed by atoms with Gasteiger partial charge in [-0.25, -0.2) is 0 Å². The number of allylic oxidation sites excluding steroid dienone is 1. The van der Waals surface area contributed by atoms with Crippen LogP contribution >= 0.6 is 0 Å². The van der Waals surface area contributed by atoms with Crippen LogP contribution in [-0.4, -0.2) is 0 Å². The molecule has 158 valence electrons. The smallest absolute Gasteiger partial charge is 0.142 e. The first-order valence-corrected chi connectivity index (χ1v) is 12.4. The molecule has 4 aliphatic carbocycles. The summed E-state index contributed by atoms with van der Waals surface area (Å²) in [7, 11) is 0. The van der Waals surface area contributed by atoms with Crippen molar-refractivity contribution in [2.75, 3.05) is 0 Å². The fourth-order valence-corrected chi connectivity index (χ4v) is 8.90. The van der Waals surface area contributed by atoms with E-state index in [9.17, 15) is 0 Å². The van der Waals surface area contributed by atoms with Crippen LogP contribution in [0, 0.1) is 23.2 Å². The Bertz CT molecular complexity index is 1240. The molecule has 3 aromatic carbocycles. The van der Waals surface area contributed by atoms with E-state index in [0.717, 1.165) is 11.8 Å². The zero-order valence-corrected chi connectivity index (χ0v) is 18.3. The lowest BCUT2D eigenvalue weighted by Crippen LogP contribution is -2.50. The van der Waals surface area contributed by atoms with E-state index in [1.54, 1.807) is 5.57 Å². The Hall–Kier alpha value is -2.64. The quantitative estimate of drug-likeness (QED) is 0.410. The lowest BCUT2D eigenvalue weighted by atomic mass is 9.48. The van der Waals surface area contributed by atoms with Gasteiger partial charge in [0.25, 0.3) is 0 Å². The van der Waals surface area contributed by atoms with Gasteiger partial charge in [0.15, 0.2) is 0 Å². The molecule has 6 bridgehead atoms. The third kappa shape index (κ3) is 1.85. The van der Waals surface area contributed by atoms with E-state index >= 15 is 0 Å².